The number of carbonyl (C=O) groups excluding carboxylic acids is 4. The zero-order valence-electron chi connectivity index (χ0n) is 19.7. The van der Waals surface area contributed by atoms with E-state index in [1.807, 2.05) is 6.07 Å². The Labute approximate surface area is 217 Å². The first-order valence-corrected chi connectivity index (χ1v) is 11.6. The maximum atomic E-state index is 13.1. The quantitative estimate of drug-likeness (QED) is 0.336. The minimum atomic E-state index is -0.859. The van der Waals surface area contributed by atoms with Gasteiger partial charge in [0.2, 0.25) is 0 Å². The first-order valence-electron chi connectivity index (χ1n) is 11.3. The van der Waals surface area contributed by atoms with Crippen LogP contribution in [0.15, 0.2) is 78.4 Å². The van der Waals surface area contributed by atoms with Crippen molar-refractivity contribution in [3.05, 3.63) is 89.0 Å². The third kappa shape index (κ3) is 6.14. The average Bonchev–Trinajstić information content (AvgIpc) is 2.88. The predicted octanol–water partition coefficient (Wildman–Crippen LogP) is 4.42. The second-order valence-electron chi connectivity index (χ2n) is 7.78. The van der Waals surface area contributed by atoms with Crippen molar-refractivity contribution in [1.82, 2.24) is 5.32 Å². The van der Waals surface area contributed by atoms with Gasteiger partial charge in [0.1, 0.15) is 5.57 Å². The number of hydrogen-bond acceptors (Lipinski definition) is 6. The lowest BCUT2D eigenvalue weighted by Gasteiger charge is -2.26. The number of nitrogens with one attached hydrogen (secondary N) is 2. The highest BCUT2D eigenvalue weighted by molar-refractivity contribution is 6.39. The van der Waals surface area contributed by atoms with Gasteiger partial charge in [0.25, 0.3) is 17.7 Å². The molecule has 1 heterocycles. The topological polar surface area (TPSA) is 114 Å². The van der Waals surface area contributed by atoms with Crippen LogP contribution in [0.3, 0.4) is 0 Å². The number of barbiturate groups is 1. The minimum absolute atomic E-state index is 0.243. The van der Waals surface area contributed by atoms with Gasteiger partial charge < -0.3 is 14.8 Å². The molecule has 4 rings (SSSR count). The largest absolute Gasteiger partial charge is 0.490 e. The van der Waals surface area contributed by atoms with Crippen molar-refractivity contribution >= 4 is 52.8 Å². The van der Waals surface area contributed by atoms with Crippen LogP contribution < -0.4 is 25.0 Å². The molecule has 3 aromatic carbocycles. The molecule has 1 saturated heterocycles. The summed E-state index contributed by atoms with van der Waals surface area (Å²) in [6.45, 7) is 1.84. The lowest BCUT2D eigenvalue weighted by molar-refractivity contribution is -0.122. The third-order valence-electron chi connectivity index (χ3n) is 5.18. The molecule has 2 N–H and O–H groups in total. The Hall–Kier alpha value is -4.63. The number of ether oxygens (including phenoxy) is 2. The van der Waals surface area contributed by atoms with E-state index in [1.165, 1.54) is 30.3 Å². The number of nitrogens with zero attached hydrogens (tertiary/aromatic N) is 1. The van der Waals surface area contributed by atoms with Gasteiger partial charge in [-0.3, -0.25) is 19.7 Å². The van der Waals surface area contributed by atoms with E-state index in [0.717, 1.165) is 4.90 Å². The van der Waals surface area contributed by atoms with Gasteiger partial charge in [0.15, 0.2) is 18.1 Å². The standard InChI is InChI=1S/C27H22ClN3O6/c1-2-36-23-15-17(8-13-22(23)37-16-24(32)29-19-6-4-3-5-7-19)14-21-25(33)30-27(35)31(26(21)34)20-11-9-18(28)10-12-20/h3-15H,2,16H2,1H3,(H,29,32)(H,30,33,35)/b21-14+. The fourth-order valence-electron chi connectivity index (χ4n) is 3.51. The monoisotopic (exact) mass is 519 g/mol. The molecule has 0 aromatic heterocycles. The zero-order chi connectivity index (χ0) is 26.4. The van der Waals surface area contributed by atoms with E-state index in [9.17, 15) is 19.2 Å². The Balaban J connectivity index is 1.54. The molecule has 9 nitrogen and oxygen atoms in total. The van der Waals surface area contributed by atoms with E-state index < -0.39 is 17.8 Å². The Kier molecular flexibility index (Phi) is 7.85. The van der Waals surface area contributed by atoms with Crippen LogP contribution in [0.2, 0.25) is 5.02 Å². The van der Waals surface area contributed by atoms with Gasteiger partial charge in [0.05, 0.1) is 12.3 Å². The van der Waals surface area contributed by atoms with Crippen LogP contribution >= 0.6 is 11.6 Å². The molecule has 0 spiro atoms. The first-order chi connectivity index (χ1) is 17.9. The van der Waals surface area contributed by atoms with Gasteiger partial charge in [0, 0.05) is 10.7 Å². The molecule has 0 radical (unpaired) electrons. The first kappa shape index (κ1) is 25.5. The van der Waals surface area contributed by atoms with Crippen molar-refractivity contribution in [3.63, 3.8) is 0 Å². The normalized spacial score (nSPS) is 14.4. The van der Waals surface area contributed by atoms with Gasteiger partial charge >= 0.3 is 6.03 Å². The minimum Gasteiger partial charge on any atom is -0.490 e. The number of hydrogen-bond donors (Lipinski definition) is 2. The van der Waals surface area contributed by atoms with Crippen molar-refractivity contribution in [2.45, 2.75) is 6.92 Å². The van der Waals surface area contributed by atoms with E-state index in [4.69, 9.17) is 21.1 Å². The molecular weight excluding hydrogens is 498 g/mol. The molecule has 0 aliphatic carbocycles. The predicted molar refractivity (Wildman–Crippen MR) is 139 cm³/mol. The van der Waals surface area contributed by atoms with Crippen LogP contribution in [0.25, 0.3) is 6.08 Å². The Morgan fingerprint density at radius 3 is 2.41 bits per heavy atom. The fraction of sp³-hybridized carbons (Fsp3) is 0.111. The van der Waals surface area contributed by atoms with Crippen LogP contribution in [-0.2, 0) is 14.4 Å². The number of anilines is 2. The molecule has 1 fully saturated rings. The fourth-order valence-corrected chi connectivity index (χ4v) is 3.64. The molecule has 1 aliphatic heterocycles. The molecule has 0 atom stereocenters. The van der Waals surface area contributed by atoms with E-state index in [-0.39, 0.29) is 23.8 Å². The van der Waals surface area contributed by atoms with Gasteiger partial charge in [-0.2, -0.15) is 0 Å². The number of halogens is 1. The van der Waals surface area contributed by atoms with Crippen LogP contribution in [0.1, 0.15) is 12.5 Å². The van der Waals surface area contributed by atoms with Crippen molar-refractivity contribution in [2.75, 3.05) is 23.4 Å². The number of para-hydroxylation sites is 1. The SMILES string of the molecule is CCOc1cc(/C=C2\C(=O)NC(=O)N(c3ccc(Cl)cc3)C2=O)ccc1OCC(=O)Nc1ccccc1. The van der Waals surface area contributed by atoms with Crippen LogP contribution in [0.4, 0.5) is 16.2 Å². The van der Waals surface area contributed by atoms with E-state index >= 15 is 0 Å². The van der Waals surface area contributed by atoms with Crippen LogP contribution in [0, 0.1) is 0 Å². The molecule has 1 aliphatic rings. The van der Waals surface area contributed by atoms with Gasteiger partial charge in [-0.25, -0.2) is 9.69 Å². The second-order valence-corrected chi connectivity index (χ2v) is 8.21. The van der Waals surface area contributed by atoms with Crippen molar-refractivity contribution < 1.29 is 28.7 Å². The van der Waals surface area contributed by atoms with Crippen LogP contribution in [0.5, 0.6) is 11.5 Å². The number of urea groups is 1. The van der Waals surface area contributed by atoms with Crippen molar-refractivity contribution in [2.24, 2.45) is 0 Å². The maximum absolute atomic E-state index is 13.1. The second kappa shape index (κ2) is 11.4. The van der Waals surface area contributed by atoms with Crippen molar-refractivity contribution in [1.29, 1.82) is 0 Å². The molecule has 5 amide bonds. The summed E-state index contributed by atoms with van der Waals surface area (Å²) in [7, 11) is 0. The van der Waals surface area contributed by atoms with Crippen LogP contribution in [-0.4, -0.2) is 37.0 Å². The molecule has 37 heavy (non-hydrogen) atoms. The summed E-state index contributed by atoms with van der Waals surface area (Å²) in [5, 5.41) is 5.33. The molecule has 0 saturated carbocycles. The highest BCUT2D eigenvalue weighted by atomic mass is 35.5. The van der Waals surface area contributed by atoms with Gasteiger partial charge in [-0.05, 0) is 67.1 Å². The maximum Gasteiger partial charge on any atom is 0.335 e. The number of rotatable bonds is 8. The van der Waals surface area contributed by atoms with Gasteiger partial charge in [-0.15, -0.1) is 0 Å². The molecular formula is C27H22ClN3O6. The Bertz CT molecular complexity index is 1370. The summed E-state index contributed by atoms with van der Waals surface area (Å²) in [4.78, 5) is 51.0. The number of amides is 5. The van der Waals surface area contributed by atoms with Crippen molar-refractivity contribution in [3.8, 4) is 11.5 Å². The highest BCUT2D eigenvalue weighted by Gasteiger charge is 2.36. The van der Waals surface area contributed by atoms with E-state index in [0.29, 0.717) is 34.4 Å². The summed E-state index contributed by atoms with van der Waals surface area (Å²) in [5.41, 5.74) is 1.11. The lowest BCUT2D eigenvalue weighted by atomic mass is 10.1. The van der Waals surface area contributed by atoms with E-state index in [2.05, 4.69) is 10.6 Å². The molecule has 10 heteroatoms. The summed E-state index contributed by atoms with van der Waals surface area (Å²) in [6.07, 6.45) is 1.35. The molecule has 188 valence electrons. The van der Waals surface area contributed by atoms with E-state index in [1.54, 1.807) is 49.4 Å². The van der Waals surface area contributed by atoms with Gasteiger partial charge in [-0.1, -0.05) is 35.9 Å². The number of imide groups is 2. The molecule has 3 aromatic rings. The zero-order valence-corrected chi connectivity index (χ0v) is 20.5. The number of carbonyl (C=O) groups is 4. The highest BCUT2D eigenvalue weighted by Crippen LogP contribution is 2.30. The Morgan fingerprint density at radius 2 is 1.70 bits per heavy atom. The summed E-state index contributed by atoms with van der Waals surface area (Å²) in [6, 6.07) is 18.9. The molecule has 0 bridgehead atoms. The lowest BCUT2D eigenvalue weighted by Crippen LogP contribution is -2.54. The smallest absolute Gasteiger partial charge is 0.335 e. The summed E-state index contributed by atoms with van der Waals surface area (Å²) >= 11 is 5.90. The third-order valence-corrected chi connectivity index (χ3v) is 5.43. The molecule has 0 unspecified atom stereocenters. The number of benzene rings is 3. The Morgan fingerprint density at radius 1 is 0.973 bits per heavy atom. The average molecular weight is 520 g/mol. The summed E-state index contributed by atoms with van der Waals surface area (Å²) in [5.74, 6) is -1.33. The summed E-state index contributed by atoms with van der Waals surface area (Å²) < 4.78 is 11.3.